The number of Topliss-reactive ketones (excluding diaryl/α,β-unsaturated/α-hetero) is 1. The summed E-state index contributed by atoms with van der Waals surface area (Å²) in [7, 11) is 0. The molecule has 1 aromatic rings. The van der Waals surface area contributed by atoms with Crippen molar-refractivity contribution in [2.24, 2.45) is 0 Å². The molecule has 0 amide bonds. The molecule has 0 unspecified atom stereocenters. The zero-order chi connectivity index (χ0) is 15.1. The summed E-state index contributed by atoms with van der Waals surface area (Å²) in [6.07, 6.45) is 1.38. The van der Waals surface area contributed by atoms with Gasteiger partial charge in [-0.25, -0.2) is 0 Å². The SMILES string of the molecule is CC(C)(C)c1cccc([N+](=O)[O-])c1.CCC(=O)CC. The molecule has 0 bridgehead atoms. The number of nitro groups is 1. The smallest absolute Gasteiger partial charge is 0.269 e. The maximum atomic E-state index is 10.5. The number of rotatable bonds is 3. The summed E-state index contributed by atoms with van der Waals surface area (Å²) in [5.74, 6) is 0.343. The average molecular weight is 265 g/mol. The number of nitrogens with zero attached hydrogens (tertiary/aromatic N) is 1. The van der Waals surface area contributed by atoms with E-state index >= 15 is 0 Å². The van der Waals surface area contributed by atoms with Crippen LogP contribution in [0.1, 0.15) is 53.0 Å². The van der Waals surface area contributed by atoms with Crippen LogP contribution >= 0.6 is 0 Å². The van der Waals surface area contributed by atoms with Crippen LogP contribution in [-0.2, 0) is 10.2 Å². The molecule has 0 spiro atoms. The Morgan fingerprint density at radius 1 is 1.21 bits per heavy atom. The maximum Gasteiger partial charge on any atom is 0.269 e. The van der Waals surface area contributed by atoms with Crippen LogP contribution in [0.25, 0.3) is 0 Å². The van der Waals surface area contributed by atoms with Gasteiger partial charge in [-0.3, -0.25) is 14.9 Å². The first-order valence-electron chi connectivity index (χ1n) is 6.49. The fraction of sp³-hybridized carbons (Fsp3) is 0.533. The Labute approximate surface area is 115 Å². The molecular formula is C15H23NO3. The molecule has 0 aliphatic carbocycles. The third kappa shape index (κ3) is 6.70. The Kier molecular flexibility index (Phi) is 6.98. The Bertz CT molecular complexity index is 427. The van der Waals surface area contributed by atoms with Crippen LogP contribution in [0, 0.1) is 10.1 Å². The van der Waals surface area contributed by atoms with Crippen molar-refractivity contribution in [3.05, 3.63) is 39.9 Å². The molecule has 19 heavy (non-hydrogen) atoms. The number of hydrogen-bond acceptors (Lipinski definition) is 3. The molecule has 0 N–H and O–H groups in total. The second-order valence-corrected chi connectivity index (χ2v) is 5.30. The maximum absolute atomic E-state index is 10.5. The Morgan fingerprint density at radius 3 is 2.05 bits per heavy atom. The fourth-order valence-electron chi connectivity index (χ4n) is 1.34. The fourth-order valence-corrected chi connectivity index (χ4v) is 1.34. The van der Waals surface area contributed by atoms with Gasteiger partial charge in [-0.2, -0.15) is 0 Å². The summed E-state index contributed by atoms with van der Waals surface area (Å²) in [4.78, 5) is 20.3. The number of carbonyl (C=O) groups excluding carboxylic acids is 1. The predicted octanol–water partition coefficient (Wildman–Crippen LogP) is 4.27. The molecule has 1 aromatic carbocycles. The zero-order valence-corrected chi connectivity index (χ0v) is 12.4. The van der Waals surface area contributed by atoms with Gasteiger partial charge in [-0.05, 0) is 11.0 Å². The molecule has 1 rings (SSSR count). The number of non-ortho nitro benzene ring substituents is 1. The molecule has 0 aliphatic rings. The molecule has 0 heterocycles. The predicted molar refractivity (Wildman–Crippen MR) is 77.4 cm³/mol. The topological polar surface area (TPSA) is 60.2 Å². The van der Waals surface area contributed by atoms with Gasteiger partial charge in [0.25, 0.3) is 5.69 Å². The van der Waals surface area contributed by atoms with E-state index in [4.69, 9.17) is 0 Å². The normalized spacial score (nSPS) is 10.4. The van der Waals surface area contributed by atoms with E-state index in [0.29, 0.717) is 18.6 Å². The van der Waals surface area contributed by atoms with Crippen LogP contribution < -0.4 is 0 Å². The van der Waals surface area contributed by atoms with Crippen molar-refractivity contribution in [3.63, 3.8) is 0 Å². The molecule has 0 saturated heterocycles. The molecule has 106 valence electrons. The summed E-state index contributed by atoms with van der Waals surface area (Å²) in [6, 6.07) is 6.76. The van der Waals surface area contributed by atoms with Crippen molar-refractivity contribution in [3.8, 4) is 0 Å². The number of hydrogen-bond donors (Lipinski definition) is 0. The van der Waals surface area contributed by atoms with Gasteiger partial charge in [-0.1, -0.05) is 46.8 Å². The zero-order valence-electron chi connectivity index (χ0n) is 12.4. The van der Waals surface area contributed by atoms with Crippen LogP contribution in [0.3, 0.4) is 0 Å². The third-order valence-corrected chi connectivity index (χ3v) is 2.71. The summed E-state index contributed by atoms with van der Waals surface area (Å²) in [5, 5.41) is 10.5. The highest BCUT2D eigenvalue weighted by Crippen LogP contribution is 2.25. The molecule has 0 radical (unpaired) electrons. The van der Waals surface area contributed by atoms with Crippen molar-refractivity contribution in [1.82, 2.24) is 0 Å². The van der Waals surface area contributed by atoms with Crippen molar-refractivity contribution in [2.45, 2.75) is 52.9 Å². The van der Waals surface area contributed by atoms with E-state index in [1.807, 2.05) is 40.7 Å². The summed E-state index contributed by atoms with van der Waals surface area (Å²) < 4.78 is 0. The number of ketones is 1. The summed E-state index contributed by atoms with van der Waals surface area (Å²) in [6.45, 7) is 9.86. The minimum absolute atomic E-state index is 0.0357. The van der Waals surface area contributed by atoms with E-state index in [1.165, 1.54) is 6.07 Å². The molecule has 0 atom stereocenters. The third-order valence-electron chi connectivity index (χ3n) is 2.71. The van der Waals surface area contributed by atoms with Gasteiger partial charge < -0.3 is 0 Å². The van der Waals surface area contributed by atoms with Crippen LogP contribution in [-0.4, -0.2) is 10.7 Å². The largest absolute Gasteiger partial charge is 0.300 e. The van der Waals surface area contributed by atoms with E-state index < -0.39 is 0 Å². The summed E-state index contributed by atoms with van der Waals surface area (Å²) in [5.41, 5.74) is 1.11. The molecule has 4 heteroatoms. The molecule has 4 nitrogen and oxygen atoms in total. The second-order valence-electron chi connectivity index (χ2n) is 5.30. The van der Waals surface area contributed by atoms with Crippen LogP contribution in [0.15, 0.2) is 24.3 Å². The van der Waals surface area contributed by atoms with Crippen molar-refractivity contribution in [2.75, 3.05) is 0 Å². The first-order valence-corrected chi connectivity index (χ1v) is 6.49. The molecule has 0 fully saturated rings. The van der Waals surface area contributed by atoms with E-state index in [0.717, 1.165) is 5.56 Å². The van der Waals surface area contributed by atoms with Crippen LogP contribution in [0.4, 0.5) is 5.69 Å². The van der Waals surface area contributed by atoms with Crippen LogP contribution in [0.5, 0.6) is 0 Å². The van der Waals surface area contributed by atoms with Gasteiger partial charge in [0.15, 0.2) is 0 Å². The van der Waals surface area contributed by atoms with E-state index in [-0.39, 0.29) is 16.0 Å². The molecular weight excluding hydrogens is 242 g/mol. The lowest BCUT2D eigenvalue weighted by atomic mass is 9.87. The van der Waals surface area contributed by atoms with Gasteiger partial charge >= 0.3 is 0 Å². The monoisotopic (exact) mass is 265 g/mol. The van der Waals surface area contributed by atoms with E-state index in [1.54, 1.807) is 12.1 Å². The first-order chi connectivity index (χ1) is 8.72. The number of benzene rings is 1. The van der Waals surface area contributed by atoms with Gasteiger partial charge in [0.1, 0.15) is 5.78 Å². The minimum Gasteiger partial charge on any atom is -0.300 e. The minimum atomic E-state index is -0.366. The molecule has 0 aliphatic heterocycles. The summed E-state index contributed by atoms with van der Waals surface area (Å²) >= 11 is 0. The standard InChI is InChI=1S/C10H13NO2.C5H10O/c1-10(2,3)8-5-4-6-9(7-8)11(12)13;1-3-5(6)4-2/h4-7H,1-3H3;3-4H2,1-2H3. The highest BCUT2D eigenvalue weighted by atomic mass is 16.6. The number of nitro benzene ring substituents is 1. The van der Waals surface area contributed by atoms with Crippen molar-refractivity contribution >= 4 is 11.5 Å². The average Bonchev–Trinajstić information content (AvgIpc) is 2.37. The molecule has 0 aromatic heterocycles. The Balaban J connectivity index is 0.000000459. The van der Waals surface area contributed by atoms with Crippen LogP contribution in [0.2, 0.25) is 0 Å². The van der Waals surface area contributed by atoms with Gasteiger partial charge in [0, 0.05) is 25.0 Å². The second kappa shape index (κ2) is 7.67. The van der Waals surface area contributed by atoms with E-state index in [9.17, 15) is 14.9 Å². The van der Waals surface area contributed by atoms with Gasteiger partial charge in [0.05, 0.1) is 4.92 Å². The quantitative estimate of drug-likeness (QED) is 0.605. The highest BCUT2D eigenvalue weighted by Gasteiger charge is 2.16. The number of carbonyl (C=O) groups is 1. The van der Waals surface area contributed by atoms with Gasteiger partial charge in [0.2, 0.25) is 0 Å². The highest BCUT2D eigenvalue weighted by molar-refractivity contribution is 5.77. The van der Waals surface area contributed by atoms with Crippen molar-refractivity contribution in [1.29, 1.82) is 0 Å². The molecule has 0 saturated carbocycles. The first kappa shape index (κ1) is 17.3. The van der Waals surface area contributed by atoms with E-state index in [2.05, 4.69) is 0 Å². The van der Waals surface area contributed by atoms with Crippen molar-refractivity contribution < 1.29 is 9.72 Å². The van der Waals surface area contributed by atoms with Gasteiger partial charge in [-0.15, -0.1) is 0 Å². The Morgan fingerprint density at radius 2 is 1.74 bits per heavy atom. The Hall–Kier alpha value is -1.71. The lowest BCUT2D eigenvalue weighted by Gasteiger charge is -2.18. The lowest BCUT2D eigenvalue weighted by molar-refractivity contribution is -0.385. The lowest BCUT2D eigenvalue weighted by Crippen LogP contribution is -2.10.